The molecule has 0 aromatic carbocycles. The van der Waals surface area contributed by atoms with Crippen LogP contribution in [0.1, 0.15) is 32.1 Å². The van der Waals surface area contributed by atoms with Crippen LogP contribution in [0.5, 0.6) is 0 Å². The Morgan fingerprint density at radius 1 is 1.57 bits per heavy atom. The summed E-state index contributed by atoms with van der Waals surface area (Å²) in [4.78, 5) is 11.3. The Balaban J connectivity index is 2.02. The fraction of sp³-hybridized carbons (Fsp3) is 0.900. The van der Waals surface area contributed by atoms with E-state index in [0.717, 1.165) is 19.3 Å². The molecule has 1 heterocycles. The van der Waals surface area contributed by atoms with Gasteiger partial charge in [-0.25, -0.2) is 0 Å². The van der Waals surface area contributed by atoms with E-state index in [1.807, 2.05) is 0 Å². The summed E-state index contributed by atoms with van der Waals surface area (Å²) in [6, 6.07) is 0. The van der Waals surface area contributed by atoms with Gasteiger partial charge in [-0.15, -0.1) is 0 Å². The van der Waals surface area contributed by atoms with Gasteiger partial charge in [0.15, 0.2) is 5.79 Å². The van der Waals surface area contributed by atoms with E-state index in [1.165, 1.54) is 0 Å². The van der Waals surface area contributed by atoms with Gasteiger partial charge in [0.1, 0.15) is 5.78 Å². The van der Waals surface area contributed by atoms with Crippen molar-refractivity contribution in [3.05, 3.63) is 0 Å². The first-order chi connectivity index (χ1) is 6.74. The summed E-state index contributed by atoms with van der Waals surface area (Å²) in [5.41, 5.74) is 5.56. The van der Waals surface area contributed by atoms with E-state index < -0.39 is 5.79 Å². The fourth-order valence-corrected chi connectivity index (χ4v) is 2.19. The smallest absolute Gasteiger partial charge is 0.175 e. The maximum atomic E-state index is 11.3. The zero-order valence-electron chi connectivity index (χ0n) is 8.33. The molecule has 2 fully saturated rings. The summed E-state index contributed by atoms with van der Waals surface area (Å²) in [5, 5.41) is 0. The first-order valence-electron chi connectivity index (χ1n) is 5.28. The highest BCUT2D eigenvalue weighted by Gasteiger charge is 2.41. The molecule has 1 spiro atoms. The Morgan fingerprint density at radius 3 is 3.14 bits per heavy atom. The molecular formula is C10H17NO3. The van der Waals surface area contributed by atoms with Gasteiger partial charge in [0.05, 0.1) is 19.1 Å². The SMILES string of the molecule is NCC1CCOC2(CCCC(=O)C2)O1. The molecule has 1 saturated heterocycles. The van der Waals surface area contributed by atoms with Gasteiger partial charge in [-0.2, -0.15) is 0 Å². The van der Waals surface area contributed by atoms with Crippen LogP contribution in [0.4, 0.5) is 0 Å². The van der Waals surface area contributed by atoms with Crippen LogP contribution in [0.2, 0.25) is 0 Å². The maximum Gasteiger partial charge on any atom is 0.175 e. The number of carbonyl (C=O) groups is 1. The molecule has 1 saturated carbocycles. The van der Waals surface area contributed by atoms with Crippen molar-refractivity contribution in [1.82, 2.24) is 0 Å². The Labute approximate surface area is 83.7 Å². The minimum absolute atomic E-state index is 0.0645. The number of nitrogens with two attached hydrogens (primary N) is 1. The van der Waals surface area contributed by atoms with Crippen molar-refractivity contribution < 1.29 is 14.3 Å². The van der Waals surface area contributed by atoms with Crippen LogP contribution in [-0.2, 0) is 14.3 Å². The van der Waals surface area contributed by atoms with Gasteiger partial charge in [-0.1, -0.05) is 0 Å². The van der Waals surface area contributed by atoms with Crippen molar-refractivity contribution in [3.63, 3.8) is 0 Å². The molecule has 1 aliphatic heterocycles. The molecule has 14 heavy (non-hydrogen) atoms. The highest BCUT2D eigenvalue weighted by Crippen LogP contribution is 2.35. The fourth-order valence-electron chi connectivity index (χ4n) is 2.19. The zero-order valence-corrected chi connectivity index (χ0v) is 8.33. The number of ether oxygens (including phenoxy) is 2. The van der Waals surface area contributed by atoms with E-state index in [4.69, 9.17) is 15.2 Å². The van der Waals surface area contributed by atoms with Gasteiger partial charge in [0, 0.05) is 19.4 Å². The van der Waals surface area contributed by atoms with E-state index in [9.17, 15) is 4.79 Å². The average Bonchev–Trinajstić information content (AvgIpc) is 2.17. The van der Waals surface area contributed by atoms with Crippen molar-refractivity contribution >= 4 is 5.78 Å². The number of carbonyl (C=O) groups excluding carboxylic acids is 1. The maximum absolute atomic E-state index is 11.3. The van der Waals surface area contributed by atoms with Crippen LogP contribution < -0.4 is 5.73 Å². The van der Waals surface area contributed by atoms with Crippen molar-refractivity contribution in [2.45, 2.75) is 44.0 Å². The minimum Gasteiger partial charge on any atom is -0.349 e. The standard InChI is InChI=1S/C10H17NO3/c11-7-9-3-5-13-10(14-9)4-1-2-8(12)6-10/h9H,1-7,11H2. The molecule has 0 aromatic heterocycles. The molecule has 2 atom stereocenters. The van der Waals surface area contributed by atoms with Crippen LogP contribution in [0.15, 0.2) is 0 Å². The number of Topliss-reactive ketones (excluding diaryl/α,β-unsaturated/α-hetero) is 1. The van der Waals surface area contributed by atoms with E-state index >= 15 is 0 Å². The lowest BCUT2D eigenvalue weighted by molar-refractivity contribution is -0.297. The largest absolute Gasteiger partial charge is 0.349 e. The summed E-state index contributed by atoms with van der Waals surface area (Å²) < 4.78 is 11.4. The monoisotopic (exact) mass is 199 g/mol. The van der Waals surface area contributed by atoms with Crippen LogP contribution in [0, 0.1) is 0 Å². The molecule has 0 aromatic rings. The molecule has 0 bridgehead atoms. The van der Waals surface area contributed by atoms with E-state index in [0.29, 0.717) is 26.0 Å². The van der Waals surface area contributed by atoms with E-state index in [-0.39, 0.29) is 11.9 Å². The molecule has 2 N–H and O–H groups in total. The van der Waals surface area contributed by atoms with Crippen molar-refractivity contribution in [3.8, 4) is 0 Å². The summed E-state index contributed by atoms with van der Waals surface area (Å²) in [6.07, 6.45) is 3.68. The highest BCUT2D eigenvalue weighted by atomic mass is 16.7. The molecule has 1 aliphatic carbocycles. The van der Waals surface area contributed by atoms with Crippen LogP contribution >= 0.6 is 0 Å². The van der Waals surface area contributed by atoms with Gasteiger partial charge >= 0.3 is 0 Å². The predicted octanol–water partition coefficient (Wildman–Crippen LogP) is 0.590. The Kier molecular flexibility index (Phi) is 2.85. The first kappa shape index (κ1) is 10.1. The molecule has 80 valence electrons. The summed E-state index contributed by atoms with van der Waals surface area (Å²) in [5.74, 6) is -0.383. The molecule has 0 radical (unpaired) electrons. The highest BCUT2D eigenvalue weighted by molar-refractivity contribution is 5.80. The predicted molar refractivity (Wildman–Crippen MR) is 50.7 cm³/mol. The molecule has 2 aliphatic rings. The van der Waals surface area contributed by atoms with E-state index in [2.05, 4.69) is 0 Å². The minimum atomic E-state index is -0.627. The van der Waals surface area contributed by atoms with Crippen molar-refractivity contribution in [1.29, 1.82) is 0 Å². The van der Waals surface area contributed by atoms with Gasteiger partial charge in [-0.05, 0) is 12.8 Å². The van der Waals surface area contributed by atoms with Gasteiger partial charge in [0.2, 0.25) is 0 Å². The van der Waals surface area contributed by atoms with Gasteiger partial charge in [-0.3, -0.25) is 4.79 Å². The number of hydrogen-bond acceptors (Lipinski definition) is 4. The lowest BCUT2D eigenvalue weighted by Gasteiger charge is -2.42. The van der Waals surface area contributed by atoms with Gasteiger partial charge < -0.3 is 15.2 Å². The molecule has 2 unspecified atom stereocenters. The zero-order chi connectivity index (χ0) is 10.0. The Morgan fingerprint density at radius 2 is 2.43 bits per heavy atom. The number of rotatable bonds is 1. The molecule has 4 heteroatoms. The molecule has 4 nitrogen and oxygen atoms in total. The topological polar surface area (TPSA) is 61.5 Å². The lowest BCUT2D eigenvalue weighted by atomic mass is 9.92. The van der Waals surface area contributed by atoms with Crippen LogP contribution in [0.3, 0.4) is 0 Å². The molecule has 0 amide bonds. The normalized spacial score (nSPS) is 38.9. The molecular weight excluding hydrogens is 182 g/mol. The van der Waals surface area contributed by atoms with Crippen molar-refractivity contribution in [2.24, 2.45) is 5.73 Å². The third-order valence-corrected chi connectivity index (χ3v) is 2.93. The second-order valence-electron chi connectivity index (χ2n) is 4.09. The Bertz CT molecular complexity index is 227. The number of hydrogen-bond donors (Lipinski definition) is 1. The molecule has 2 rings (SSSR count). The third-order valence-electron chi connectivity index (χ3n) is 2.93. The van der Waals surface area contributed by atoms with Crippen molar-refractivity contribution in [2.75, 3.05) is 13.2 Å². The third kappa shape index (κ3) is 1.97. The summed E-state index contributed by atoms with van der Waals surface area (Å²) >= 11 is 0. The van der Waals surface area contributed by atoms with Gasteiger partial charge in [0.25, 0.3) is 0 Å². The second-order valence-corrected chi connectivity index (χ2v) is 4.09. The summed E-state index contributed by atoms with van der Waals surface area (Å²) in [6.45, 7) is 1.18. The average molecular weight is 199 g/mol. The quantitative estimate of drug-likeness (QED) is 0.671. The second kappa shape index (κ2) is 3.96. The summed E-state index contributed by atoms with van der Waals surface area (Å²) in [7, 11) is 0. The van der Waals surface area contributed by atoms with Crippen LogP contribution in [-0.4, -0.2) is 30.8 Å². The Hall–Kier alpha value is -0.450. The first-order valence-corrected chi connectivity index (χ1v) is 5.28. The van der Waals surface area contributed by atoms with E-state index in [1.54, 1.807) is 0 Å². The lowest BCUT2D eigenvalue weighted by Crippen LogP contribution is -2.49. The number of ketones is 1. The van der Waals surface area contributed by atoms with Crippen LogP contribution in [0.25, 0.3) is 0 Å².